The van der Waals surface area contributed by atoms with Crippen molar-refractivity contribution in [3.8, 4) is 11.5 Å². The molecule has 1 atom stereocenters. The Morgan fingerprint density at radius 1 is 1.43 bits per heavy atom. The molecule has 0 amide bonds. The molecule has 6 nitrogen and oxygen atoms in total. The van der Waals surface area contributed by atoms with Crippen LogP contribution in [-0.4, -0.2) is 29.0 Å². The van der Waals surface area contributed by atoms with Crippen LogP contribution >= 0.6 is 15.9 Å². The van der Waals surface area contributed by atoms with E-state index in [0.717, 1.165) is 11.5 Å². The first-order valence-corrected chi connectivity index (χ1v) is 7.28. The van der Waals surface area contributed by atoms with Crippen LogP contribution in [0, 0.1) is 0 Å². The summed E-state index contributed by atoms with van der Waals surface area (Å²) in [6.07, 6.45) is 1.47. The maximum absolute atomic E-state index is 11.8. The topological polar surface area (TPSA) is 65.4 Å². The normalized spacial score (nSPS) is 16.6. The lowest BCUT2D eigenvalue weighted by atomic mass is 10.2. The highest BCUT2D eigenvalue weighted by Crippen LogP contribution is 2.31. The summed E-state index contributed by atoms with van der Waals surface area (Å²) < 4.78 is 13.2. The molecule has 0 spiro atoms. The SMILES string of the molecule is Cn1ncc(NCC2COc3ccccc3O2)c(Br)c1=O. The van der Waals surface area contributed by atoms with E-state index < -0.39 is 0 Å². The summed E-state index contributed by atoms with van der Waals surface area (Å²) in [5, 5.41) is 7.13. The molecule has 2 aromatic rings. The highest BCUT2D eigenvalue weighted by molar-refractivity contribution is 9.10. The number of halogens is 1. The van der Waals surface area contributed by atoms with Crippen molar-refractivity contribution in [2.75, 3.05) is 18.5 Å². The maximum Gasteiger partial charge on any atom is 0.282 e. The van der Waals surface area contributed by atoms with Crippen LogP contribution in [0.5, 0.6) is 11.5 Å². The summed E-state index contributed by atoms with van der Waals surface area (Å²) >= 11 is 3.27. The second-order valence-electron chi connectivity index (χ2n) is 4.68. The molecule has 0 fully saturated rings. The average Bonchev–Trinajstić information content (AvgIpc) is 2.52. The quantitative estimate of drug-likeness (QED) is 0.913. The standard InChI is InChI=1S/C14H14BrN3O3/c1-18-14(19)13(15)10(7-17-18)16-6-9-8-20-11-4-2-3-5-12(11)21-9/h2-5,7,9,16H,6,8H2,1H3. The largest absolute Gasteiger partial charge is 0.486 e. The third-order valence-electron chi connectivity index (χ3n) is 3.17. The third-order valence-corrected chi connectivity index (χ3v) is 3.93. The van der Waals surface area contributed by atoms with Crippen molar-refractivity contribution >= 4 is 21.6 Å². The van der Waals surface area contributed by atoms with Crippen LogP contribution in [0.15, 0.2) is 39.7 Å². The van der Waals surface area contributed by atoms with Crippen molar-refractivity contribution in [3.05, 3.63) is 45.3 Å². The number of nitrogens with zero attached hydrogens (tertiary/aromatic N) is 2. The van der Waals surface area contributed by atoms with Crippen LogP contribution in [-0.2, 0) is 7.05 Å². The Hall–Kier alpha value is -2.02. The summed E-state index contributed by atoms with van der Waals surface area (Å²) in [4.78, 5) is 11.8. The Balaban J connectivity index is 1.67. The summed E-state index contributed by atoms with van der Waals surface area (Å²) in [7, 11) is 1.60. The van der Waals surface area contributed by atoms with Gasteiger partial charge in [-0.25, -0.2) is 4.68 Å². The monoisotopic (exact) mass is 351 g/mol. The molecule has 0 aliphatic carbocycles. The van der Waals surface area contributed by atoms with Crippen molar-refractivity contribution in [1.82, 2.24) is 9.78 Å². The fraction of sp³-hybridized carbons (Fsp3) is 0.286. The van der Waals surface area contributed by atoms with E-state index in [1.165, 1.54) is 4.68 Å². The predicted octanol–water partition coefficient (Wildman–Crippen LogP) is 1.79. The van der Waals surface area contributed by atoms with Gasteiger partial charge < -0.3 is 14.8 Å². The minimum Gasteiger partial charge on any atom is -0.486 e. The first-order chi connectivity index (χ1) is 10.1. The average molecular weight is 352 g/mol. The van der Waals surface area contributed by atoms with Crippen molar-refractivity contribution in [3.63, 3.8) is 0 Å². The van der Waals surface area contributed by atoms with Crippen molar-refractivity contribution in [2.24, 2.45) is 7.05 Å². The van der Waals surface area contributed by atoms with E-state index >= 15 is 0 Å². The predicted molar refractivity (Wildman–Crippen MR) is 82.0 cm³/mol. The molecule has 2 heterocycles. The molecule has 1 aromatic carbocycles. The number of nitrogens with one attached hydrogen (secondary N) is 1. The summed E-state index contributed by atoms with van der Waals surface area (Å²) in [5.74, 6) is 1.49. The molecular weight excluding hydrogens is 338 g/mol. The number of para-hydroxylation sites is 2. The van der Waals surface area contributed by atoms with E-state index in [4.69, 9.17) is 9.47 Å². The molecule has 1 aliphatic heterocycles. The van der Waals surface area contributed by atoms with Crippen LogP contribution in [0.2, 0.25) is 0 Å². The Morgan fingerprint density at radius 3 is 3.00 bits per heavy atom. The van der Waals surface area contributed by atoms with Gasteiger partial charge in [0.15, 0.2) is 11.5 Å². The number of hydrogen-bond donors (Lipinski definition) is 1. The molecule has 7 heteroatoms. The molecule has 110 valence electrons. The highest BCUT2D eigenvalue weighted by atomic mass is 79.9. The summed E-state index contributed by atoms with van der Waals surface area (Å²) in [6.45, 7) is 0.974. The van der Waals surface area contributed by atoms with E-state index in [1.807, 2.05) is 24.3 Å². The van der Waals surface area contributed by atoms with Crippen LogP contribution in [0.3, 0.4) is 0 Å². The van der Waals surface area contributed by atoms with Crippen molar-refractivity contribution < 1.29 is 9.47 Å². The number of ether oxygens (including phenoxy) is 2. The zero-order valence-electron chi connectivity index (χ0n) is 11.4. The first-order valence-electron chi connectivity index (χ1n) is 6.49. The molecule has 0 radical (unpaired) electrons. The fourth-order valence-corrected chi connectivity index (χ4v) is 2.52. The number of fused-ring (bicyclic) bond motifs is 1. The molecule has 0 saturated carbocycles. The Morgan fingerprint density at radius 2 is 2.19 bits per heavy atom. The number of aromatic nitrogens is 2. The molecule has 1 unspecified atom stereocenters. The number of aryl methyl sites for hydroxylation is 1. The summed E-state index contributed by atoms with van der Waals surface area (Å²) in [6, 6.07) is 7.56. The molecule has 1 aliphatic rings. The Labute approximate surface area is 129 Å². The lowest BCUT2D eigenvalue weighted by Gasteiger charge is -2.26. The first kappa shape index (κ1) is 13.9. The zero-order valence-corrected chi connectivity index (χ0v) is 13.0. The van der Waals surface area contributed by atoms with Gasteiger partial charge in [0.25, 0.3) is 5.56 Å². The van der Waals surface area contributed by atoms with E-state index in [0.29, 0.717) is 23.3 Å². The van der Waals surface area contributed by atoms with Gasteiger partial charge in [0, 0.05) is 7.05 Å². The molecule has 3 rings (SSSR count). The second kappa shape index (κ2) is 5.77. The van der Waals surface area contributed by atoms with Crippen LogP contribution in [0.25, 0.3) is 0 Å². The van der Waals surface area contributed by atoms with Gasteiger partial charge in [-0.2, -0.15) is 5.10 Å². The van der Waals surface area contributed by atoms with E-state index in [1.54, 1.807) is 13.2 Å². The van der Waals surface area contributed by atoms with Crippen LogP contribution < -0.4 is 20.3 Å². The molecule has 1 aromatic heterocycles. The number of benzene rings is 1. The third kappa shape index (κ3) is 2.87. The minimum atomic E-state index is -0.189. The Bertz CT molecular complexity index is 717. The van der Waals surface area contributed by atoms with Gasteiger partial charge in [0.2, 0.25) is 0 Å². The number of rotatable bonds is 3. The van der Waals surface area contributed by atoms with Gasteiger partial charge in [-0.3, -0.25) is 4.79 Å². The minimum absolute atomic E-state index is 0.129. The van der Waals surface area contributed by atoms with Crippen molar-refractivity contribution in [1.29, 1.82) is 0 Å². The lowest BCUT2D eigenvalue weighted by molar-refractivity contribution is 0.0997. The molecule has 1 N–H and O–H groups in total. The van der Waals surface area contributed by atoms with E-state index in [-0.39, 0.29) is 11.7 Å². The number of anilines is 1. The molecular formula is C14H14BrN3O3. The Kier molecular flexibility index (Phi) is 3.83. The molecule has 0 saturated heterocycles. The van der Waals surface area contributed by atoms with Gasteiger partial charge in [0.1, 0.15) is 17.2 Å². The van der Waals surface area contributed by atoms with Gasteiger partial charge in [0.05, 0.1) is 18.4 Å². The van der Waals surface area contributed by atoms with E-state index in [9.17, 15) is 4.79 Å². The lowest BCUT2D eigenvalue weighted by Crippen LogP contribution is -2.35. The zero-order chi connectivity index (χ0) is 14.8. The number of hydrogen-bond acceptors (Lipinski definition) is 5. The molecule has 21 heavy (non-hydrogen) atoms. The van der Waals surface area contributed by atoms with Gasteiger partial charge in [-0.1, -0.05) is 12.1 Å². The molecule has 0 bridgehead atoms. The van der Waals surface area contributed by atoms with Crippen molar-refractivity contribution in [2.45, 2.75) is 6.10 Å². The smallest absolute Gasteiger partial charge is 0.282 e. The fourth-order valence-electron chi connectivity index (χ4n) is 2.02. The van der Waals surface area contributed by atoms with Gasteiger partial charge in [-0.15, -0.1) is 0 Å². The summed E-state index contributed by atoms with van der Waals surface area (Å²) in [5.41, 5.74) is 0.451. The van der Waals surface area contributed by atoms with Crippen LogP contribution in [0.4, 0.5) is 5.69 Å². The van der Waals surface area contributed by atoms with Gasteiger partial charge >= 0.3 is 0 Å². The van der Waals surface area contributed by atoms with E-state index in [2.05, 4.69) is 26.3 Å². The maximum atomic E-state index is 11.8. The van der Waals surface area contributed by atoms with Crippen LogP contribution in [0.1, 0.15) is 0 Å². The van der Waals surface area contributed by atoms with Gasteiger partial charge in [-0.05, 0) is 28.1 Å². The second-order valence-corrected chi connectivity index (χ2v) is 5.47. The highest BCUT2D eigenvalue weighted by Gasteiger charge is 2.20.